The van der Waals surface area contributed by atoms with Crippen LogP contribution in [0.4, 0.5) is 4.39 Å². The minimum absolute atomic E-state index is 0.0337. The Morgan fingerprint density at radius 1 is 1.30 bits per heavy atom. The molecule has 0 unspecified atom stereocenters. The molecule has 0 bridgehead atoms. The lowest BCUT2D eigenvalue weighted by molar-refractivity contribution is -0.133. The summed E-state index contributed by atoms with van der Waals surface area (Å²) >= 11 is 0. The van der Waals surface area contributed by atoms with Gasteiger partial charge in [0.2, 0.25) is 5.91 Å². The lowest BCUT2D eigenvalue weighted by Crippen LogP contribution is -2.48. The van der Waals surface area contributed by atoms with Crippen molar-refractivity contribution < 1.29 is 14.0 Å². The van der Waals surface area contributed by atoms with Crippen molar-refractivity contribution in [3.8, 4) is 0 Å². The van der Waals surface area contributed by atoms with Crippen molar-refractivity contribution in [1.29, 1.82) is 0 Å². The highest BCUT2D eigenvalue weighted by atomic mass is 19.1. The van der Waals surface area contributed by atoms with E-state index in [9.17, 15) is 14.0 Å². The third kappa shape index (κ3) is 3.70. The van der Waals surface area contributed by atoms with E-state index < -0.39 is 0 Å². The van der Waals surface area contributed by atoms with Crippen molar-refractivity contribution in [3.63, 3.8) is 0 Å². The van der Waals surface area contributed by atoms with Crippen LogP contribution in [0.1, 0.15) is 43.6 Å². The van der Waals surface area contributed by atoms with E-state index in [-0.39, 0.29) is 29.6 Å². The molecule has 2 aliphatic rings. The fraction of sp³-hybridized carbons (Fsp3) is 0.524. The van der Waals surface area contributed by atoms with Crippen molar-refractivity contribution in [2.45, 2.75) is 39.2 Å². The van der Waals surface area contributed by atoms with Crippen molar-refractivity contribution in [2.75, 3.05) is 19.6 Å². The zero-order valence-electron chi connectivity index (χ0n) is 15.9. The van der Waals surface area contributed by atoms with Crippen LogP contribution in [0, 0.1) is 17.7 Å². The molecular formula is C21H26FN3O2. The van der Waals surface area contributed by atoms with Gasteiger partial charge in [-0.15, -0.1) is 0 Å². The van der Waals surface area contributed by atoms with Gasteiger partial charge in [-0.2, -0.15) is 0 Å². The van der Waals surface area contributed by atoms with E-state index in [1.807, 2.05) is 4.90 Å². The van der Waals surface area contributed by atoms with Crippen molar-refractivity contribution in [1.82, 2.24) is 14.8 Å². The molecule has 1 aliphatic heterocycles. The molecule has 1 N–H and O–H groups in total. The number of H-pyrrole nitrogens is 1. The smallest absolute Gasteiger partial charge is 0.270 e. The molecule has 2 heterocycles. The molecule has 2 amide bonds. The first-order valence-corrected chi connectivity index (χ1v) is 9.79. The Labute approximate surface area is 158 Å². The van der Waals surface area contributed by atoms with Crippen LogP contribution >= 0.6 is 0 Å². The number of fused-ring (bicyclic) bond motifs is 1. The number of nitrogens with zero attached hydrogens (tertiary/aromatic N) is 2. The number of hydrogen-bond donors (Lipinski definition) is 1. The molecular weight excluding hydrogens is 345 g/mol. The fourth-order valence-corrected chi connectivity index (χ4v) is 3.93. The van der Waals surface area contributed by atoms with Crippen LogP contribution in [0.3, 0.4) is 0 Å². The van der Waals surface area contributed by atoms with E-state index in [0.717, 1.165) is 12.1 Å². The average Bonchev–Trinajstić information content (AvgIpc) is 3.38. The van der Waals surface area contributed by atoms with Crippen LogP contribution in [0.2, 0.25) is 0 Å². The Hall–Kier alpha value is -2.37. The van der Waals surface area contributed by atoms with Gasteiger partial charge < -0.3 is 14.8 Å². The van der Waals surface area contributed by atoms with Gasteiger partial charge in [0.25, 0.3) is 5.91 Å². The summed E-state index contributed by atoms with van der Waals surface area (Å²) in [7, 11) is 0. The average molecular weight is 371 g/mol. The highest BCUT2D eigenvalue weighted by Crippen LogP contribution is 2.32. The Morgan fingerprint density at radius 2 is 2.07 bits per heavy atom. The molecule has 6 heteroatoms. The van der Waals surface area contributed by atoms with E-state index in [2.05, 4.69) is 18.8 Å². The van der Waals surface area contributed by atoms with Gasteiger partial charge in [-0.25, -0.2) is 4.39 Å². The second kappa shape index (κ2) is 6.98. The largest absolute Gasteiger partial charge is 0.351 e. The molecule has 0 spiro atoms. The van der Waals surface area contributed by atoms with E-state index in [0.29, 0.717) is 36.5 Å². The summed E-state index contributed by atoms with van der Waals surface area (Å²) in [5.74, 6) is 0.600. The van der Waals surface area contributed by atoms with Crippen molar-refractivity contribution in [3.05, 3.63) is 35.8 Å². The first kappa shape index (κ1) is 18.0. The normalized spacial score (nSPS) is 21.2. The van der Waals surface area contributed by atoms with Gasteiger partial charge in [-0.1, -0.05) is 13.8 Å². The number of nitrogens with one attached hydrogen (secondary N) is 1. The standard InChI is InChI=1S/C21H26FN3O2/c1-13(2)19-12-24(8-7-20(26)25(19)11-14-3-4-14)21(27)18-10-15-9-16(22)5-6-17(15)23-18/h5-6,9-10,13-14,19,23H,3-4,7-8,11-12H2,1-2H3/t19-/m1/s1. The van der Waals surface area contributed by atoms with Crippen LogP contribution in [-0.4, -0.2) is 52.3 Å². The summed E-state index contributed by atoms with van der Waals surface area (Å²) in [6.07, 6.45) is 2.75. The van der Waals surface area contributed by atoms with Crippen molar-refractivity contribution in [2.24, 2.45) is 11.8 Å². The topological polar surface area (TPSA) is 56.4 Å². The fourth-order valence-electron chi connectivity index (χ4n) is 3.93. The SMILES string of the molecule is CC(C)[C@H]1CN(C(=O)c2cc3cc(F)ccc3[nH]2)CCC(=O)N1CC1CC1. The van der Waals surface area contributed by atoms with E-state index >= 15 is 0 Å². The third-order valence-corrected chi connectivity index (χ3v) is 5.75. The quantitative estimate of drug-likeness (QED) is 0.895. The van der Waals surface area contributed by atoms with Gasteiger partial charge in [-0.3, -0.25) is 9.59 Å². The molecule has 0 radical (unpaired) electrons. The lowest BCUT2D eigenvalue weighted by atomic mass is 10.0. The Kier molecular flexibility index (Phi) is 4.66. The molecule has 1 saturated heterocycles. The molecule has 27 heavy (non-hydrogen) atoms. The number of amides is 2. The van der Waals surface area contributed by atoms with Gasteiger partial charge in [0.1, 0.15) is 11.5 Å². The number of carbonyl (C=O) groups is 2. The zero-order chi connectivity index (χ0) is 19.1. The maximum Gasteiger partial charge on any atom is 0.270 e. The second-order valence-electron chi connectivity index (χ2n) is 8.22. The number of benzene rings is 1. The monoisotopic (exact) mass is 371 g/mol. The van der Waals surface area contributed by atoms with Crippen LogP contribution in [0.15, 0.2) is 24.3 Å². The Balaban J connectivity index is 1.57. The Morgan fingerprint density at radius 3 is 2.78 bits per heavy atom. The molecule has 5 nitrogen and oxygen atoms in total. The van der Waals surface area contributed by atoms with Crippen LogP contribution < -0.4 is 0 Å². The highest BCUT2D eigenvalue weighted by molar-refractivity contribution is 5.98. The lowest BCUT2D eigenvalue weighted by Gasteiger charge is -2.34. The second-order valence-corrected chi connectivity index (χ2v) is 8.22. The summed E-state index contributed by atoms with van der Waals surface area (Å²) in [5.41, 5.74) is 1.18. The van der Waals surface area contributed by atoms with Crippen molar-refractivity contribution >= 4 is 22.7 Å². The number of rotatable bonds is 4. The summed E-state index contributed by atoms with van der Waals surface area (Å²) in [4.78, 5) is 32.7. The minimum atomic E-state index is -0.323. The molecule has 1 saturated carbocycles. The minimum Gasteiger partial charge on any atom is -0.351 e. The third-order valence-electron chi connectivity index (χ3n) is 5.75. The highest BCUT2D eigenvalue weighted by Gasteiger charge is 2.37. The number of carbonyl (C=O) groups excluding carboxylic acids is 2. The predicted molar refractivity (Wildman–Crippen MR) is 102 cm³/mol. The molecule has 4 rings (SSSR count). The van der Waals surface area contributed by atoms with Gasteiger partial charge >= 0.3 is 0 Å². The number of aromatic nitrogens is 1. The number of halogens is 1. The maximum atomic E-state index is 13.4. The summed E-state index contributed by atoms with van der Waals surface area (Å²) < 4.78 is 13.4. The van der Waals surface area contributed by atoms with E-state index in [1.54, 1.807) is 17.0 Å². The van der Waals surface area contributed by atoms with Gasteiger partial charge in [0.05, 0.1) is 6.04 Å². The molecule has 1 aromatic heterocycles. The first-order chi connectivity index (χ1) is 12.9. The Bertz CT molecular complexity index is 871. The maximum absolute atomic E-state index is 13.4. The molecule has 1 aromatic carbocycles. The number of aromatic amines is 1. The van der Waals surface area contributed by atoms with Crippen LogP contribution in [0.5, 0.6) is 0 Å². The zero-order valence-corrected chi connectivity index (χ0v) is 15.9. The number of hydrogen-bond acceptors (Lipinski definition) is 2. The van der Waals surface area contributed by atoms with Gasteiger partial charge in [-0.05, 0) is 48.9 Å². The van der Waals surface area contributed by atoms with Crippen LogP contribution in [0.25, 0.3) is 10.9 Å². The molecule has 144 valence electrons. The molecule has 1 aliphatic carbocycles. The molecule has 1 atom stereocenters. The summed E-state index contributed by atoms with van der Waals surface area (Å²) in [6.45, 7) is 5.99. The first-order valence-electron chi connectivity index (χ1n) is 9.79. The summed E-state index contributed by atoms with van der Waals surface area (Å²) in [6, 6.07) is 6.17. The molecule has 2 aromatic rings. The van der Waals surface area contributed by atoms with Gasteiger partial charge in [0, 0.05) is 37.0 Å². The van der Waals surface area contributed by atoms with Gasteiger partial charge in [0.15, 0.2) is 0 Å². The summed E-state index contributed by atoms with van der Waals surface area (Å²) in [5, 5.41) is 0.681. The van der Waals surface area contributed by atoms with E-state index in [4.69, 9.17) is 0 Å². The van der Waals surface area contributed by atoms with E-state index in [1.165, 1.54) is 25.0 Å². The predicted octanol–water partition coefficient (Wildman–Crippen LogP) is 3.42. The van der Waals surface area contributed by atoms with Crippen LogP contribution in [-0.2, 0) is 4.79 Å². The molecule has 2 fully saturated rings.